The van der Waals surface area contributed by atoms with Crippen molar-refractivity contribution in [2.24, 2.45) is 5.92 Å². The molecule has 0 rings (SSSR count). The van der Waals surface area contributed by atoms with Gasteiger partial charge < -0.3 is 10.4 Å². The fraction of sp³-hybridized carbons (Fsp3) is 0.625. The highest BCUT2D eigenvalue weighted by molar-refractivity contribution is 5.87. The molecule has 0 atom stereocenters. The van der Waals surface area contributed by atoms with Gasteiger partial charge in [-0.3, -0.25) is 4.79 Å². The van der Waals surface area contributed by atoms with E-state index in [-0.39, 0.29) is 11.7 Å². The van der Waals surface area contributed by atoms with E-state index in [2.05, 4.69) is 5.32 Å². The number of aliphatic hydroxyl groups is 1. The van der Waals surface area contributed by atoms with Crippen molar-refractivity contribution in [1.82, 2.24) is 5.32 Å². The molecular weight excluding hydrogens is 142 g/mol. The molecule has 0 aromatic carbocycles. The van der Waals surface area contributed by atoms with Gasteiger partial charge in [-0.15, -0.1) is 0 Å². The number of aliphatic hydroxyl groups excluding tert-OH is 1. The average molecular weight is 157 g/mol. The van der Waals surface area contributed by atoms with Crippen molar-refractivity contribution in [1.29, 1.82) is 0 Å². The first kappa shape index (κ1) is 10.0. The van der Waals surface area contributed by atoms with Gasteiger partial charge in [0.15, 0.2) is 11.7 Å². The molecule has 2 N–H and O–H groups in total. The molecule has 0 fully saturated rings. The van der Waals surface area contributed by atoms with Crippen LogP contribution in [0.15, 0.2) is 12.0 Å². The fourth-order valence-corrected chi connectivity index (χ4v) is 0.552. The van der Waals surface area contributed by atoms with Crippen LogP contribution in [0, 0.1) is 5.92 Å². The smallest absolute Gasteiger partial charge is 0.187 e. The zero-order chi connectivity index (χ0) is 8.85. The van der Waals surface area contributed by atoms with Crippen molar-refractivity contribution < 1.29 is 9.90 Å². The first-order valence-electron chi connectivity index (χ1n) is 3.67. The van der Waals surface area contributed by atoms with E-state index in [0.717, 1.165) is 0 Å². The highest BCUT2D eigenvalue weighted by atomic mass is 16.3. The number of rotatable bonds is 4. The van der Waals surface area contributed by atoms with E-state index in [4.69, 9.17) is 5.11 Å². The lowest BCUT2D eigenvalue weighted by Gasteiger charge is -2.06. The molecule has 0 saturated heterocycles. The molecule has 0 aliphatic heterocycles. The molecule has 0 amide bonds. The van der Waals surface area contributed by atoms with Gasteiger partial charge in [-0.2, -0.15) is 0 Å². The van der Waals surface area contributed by atoms with Crippen molar-refractivity contribution in [3.8, 4) is 0 Å². The molecule has 0 aromatic heterocycles. The summed E-state index contributed by atoms with van der Waals surface area (Å²) in [5, 5.41) is 11.7. The Bertz CT molecular complexity index is 161. The van der Waals surface area contributed by atoms with Crippen LogP contribution in [0.5, 0.6) is 0 Å². The van der Waals surface area contributed by atoms with Crippen molar-refractivity contribution >= 4 is 5.78 Å². The lowest BCUT2D eigenvalue weighted by molar-refractivity contribution is -0.112. The molecule has 0 aromatic rings. The number of allylic oxidation sites excluding steroid dienone is 1. The fourth-order valence-electron chi connectivity index (χ4n) is 0.552. The minimum Gasteiger partial charge on any atom is -0.495 e. The molecule has 3 nitrogen and oxygen atoms in total. The second-order valence-electron chi connectivity index (χ2n) is 2.91. The molecule has 64 valence electrons. The highest BCUT2D eigenvalue weighted by Crippen LogP contribution is 1.90. The van der Waals surface area contributed by atoms with Crippen LogP contribution in [0.2, 0.25) is 0 Å². The lowest BCUT2D eigenvalue weighted by Crippen LogP contribution is -2.19. The maximum absolute atomic E-state index is 10.4. The van der Waals surface area contributed by atoms with Gasteiger partial charge in [0.1, 0.15) is 0 Å². The Morgan fingerprint density at radius 3 is 2.55 bits per heavy atom. The normalized spacial score (nSPS) is 11.8. The summed E-state index contributed by atoms with van der Waals surface area (Å²) in [7, 11) is 0. The van der Waals surface area contributed by atoms with Gasteiger partial charge in [-0.25, -0.2) is 0 Å². The van der Waals surface area contributed by atoms with Gasteiger partial charge in [0.05, 0.1) is 0 Å². The average Bonchev–Trinajstić information content (AvgIpc) is 1.82. The Balaban J connectivity index is 3.68. The topological polar surface area (TPSA) is 49.3 Å². The second kappa shape index (κ2) is 4.77. The third kappa shape index (κ3) is 6.90. The number of carbonyl (C=O) groups excluding carboxylic acids is 1. The standard InChI is InChI=1S/C8H15NO2/c1-6(2)5-9-8(11)4-7(3)10/h4,6,9,11H,5H2,1-3H3/b8-4-. The molecular formula is C8H15NO2. The molecule has 0 bridgehead atoms. The van der Waals surface area contributed by atoms with E-state index in [9.17, 15) is 4.79 Å². The predicted molar refractivity (Wildman–Crippen MR) is 44.2 cm³/mol. The maximum Gasteiger partial charge on any atom is 0.187 e. The summed E-state index contributed by atoms with van der Waals surface area (Å²) in [5.74, 6) is 0.252. The van der Waals surface area contributed by atoms with E-state index in [1.807, 2.05) is 13.8 Å². The van der Waals surface area contributed by atoms with Gasteiger partial charge in [0.2, 0.25) is 0 Å². The zero-order valence-electron chi connectivity index (χ0n) is 7.22. The number of nitrogens with one attached hydrogen (secondary N) is 1. The maximum atomic E-state index is 10.4. The molecule has 0 aliphatic carbocycles. The van der Waals surface area contributed by atoms with Gasteiger partial charge >= 0.3 is 0 Å². The summed E-state index contributed by atoms with van der Waals surface area (Å²) >= 11 is 0. The lowest BCUT2D eigenvalue weighted by atomic mass is 10.2. The molecule has 3 heteroatoms. The summed E-state index contributed by atoms with van der Waals surface area (Å²) in [6, 6.07) is 0. The van der Waals surface area contributed by atoms with Crippen molar-refractivity contribution in [2.75, 3.05) is 6.54 Å². The van der Waals surface area contributed by atoms with Crippen LogP contribution in [-0.2, 0) is 4.79 Å². The monoisotopic (exact) mass is 157 g/mol. The number of carbonyl (C=O) groups is 1. The van der Waals surface area contributed by atoms with Gasteiger partial charge in [0.25, 0.3) is 0 Å². The Labute approximate surface area is 67.1 Å². The highest BCUT2D eigenvalue weighted by Gasteiger charge is 1.95. The third-order valence-electron chi connectivity index (χ3n) is 1.03. The first-order chi connectivity index (χ1) is 5.02. The molecule has 0 saturated carbocycles. The number of hydrogen-bond acceptors (Lipinski definition) is 3. The summed E-state index contributed by atoms with van der Waals surface area (Å²) in [4.78, 5) is 10.4. The van der Waals surface area contributed by atoms with Crippen LogP contribution in [0.1, 0.15) is 20.8 Å². The largest absolute Gasteiger partial charge is 0.495 e. The van der Waals surface area contributed by atoms with Gasteiger partial charge in [-0.05, 0) is 12.8 Å². The third-order valence-corrected chi connectivity index (χ3v) is 1.03. The van der Waals surface area contributed by atoms with Crippen molar-refractivity contribution in [3.63, 3.8) is 0 Å². The summed E-state index contributed by atoms with van der Waals surface area (Å²) in [6.07, 6.45) is 1.17. The molecule has 0 aliphatic rings. The summed E-state index contributed by atoms with van der Waals surface area (Å²) in [6.45, 7) is 6.12. The second-order valence-corrected chi connectivity index (χ2v) is 2.91. The van der Waals surface area contributed by atoms with E-state index >= 15 is 0 Å². The van der Waals surface area contributed by atoms with Crippen molar-refractivity contribution in [2.45, 2.75) is 20.8 Å². The molecule has 0 unspecified atom stereocenters. The number of hydrogen-bond donors (Lipinski definition) is 2. The minimum atomic E-state index is -0.154. The van der Waals surface area contributed by atoms with Crippen LogP contribution in [0.25, 0.3) is 0 Å². The predicted octanol–water partition coefficient (Wildman–Crippen LogP) is 1.22. The SMILES string of the molecule is CC(=O)/C=C(\O)NCC(C)C. The molecule has 0 radical (unpaired) electrons. The minimum absolute atomic E-state index is 0.0498. The first-order valence-corrected chi connectivity index (χ1v) is 3.67. The van der Waals surface area contributed by atoms with Gasteiger partial charge in [0, 0.05) is 12.6 Å². The Hall–Kier alpha value is -0.990. The molecule has 0 spiro atoms. The summed E-state index contributed by atoms with van der Waals surface area (Å²) in [5.41, 5.74) is 0. The van der Waals surface area contributed by atoms with E-state index in [1.54, 1.807) is 0 Å². The van der Waals surface area contributed by atoms with E-state index < -0.39 is 0 Å². The Kier molecular flexibility index (Phi) is 4.34. The Morgan fingerprint density at radius 1 is 1.64 bits per heavy atom. The quantitative estimate of drug-likeness (QED) is 0.476. The van der Waals surface area contributed by atoms with Gasteiger partial charge in [-0.1, -0.05) is 13.8 Å². The van der Waals surface area contributed by atoms with E-state index in [0.29, 0.717) is 12.5 Å². The molecule has 0 heterocycles. The van der Waals surface area contributed by atoms with Crippen LogP contribution in [-0.4, -0.2) is 17.4 Å². The molecule has 11 heavy (non-hydrogen) atoms. The van der Waals surface area contributed by atoms with Crippen LogP contribution < -0.4 is 5.32 Å². The van der Waals surface area contributed by atoms with Crippen LogP contribution in [0.4, 0.5) is 0 Å². The van der Waals surface area contributed by atoms with Crippen LogP contribution in [0.3, 0.4) is 0 Å². The summed E-state index contributed by atoms with van der Waals surface area (Å²) < 4.78 is 0. The van der Waals surface area contributed by atoms with Crippen LogP contribution >= 0.6 is 0 Å². The zero-order valence-corrected chi connectivity index (χ0v) is 7.22. The van der Waals surface area contributed by atoms with E-state index in [1.165, 1.54) is 13.0 Å². The number of ketones is 1. The van der Waals surface area contributed by atoms with Crippen molar-refractivity contribution in [3.05, 3.63) is 12.0 Å². The Morgan fingerprint density at radius 2 is 2.18 bits per heavy atom.